The summed E-state index contributed by atoms with van der Waals surface area (Å²) in [5, 5.41) is 17.3. The molecule has 0 aliphatic rings. The van der Waals surface area contributed by atoms with Gasteiger partial charge in [-0.15, -0.1) is 11.3 Å². The fourth-order valence-corrected chi connectivity index (χ4v) is 2.24. The number of nitriles is 1. The van der Waals surface area contributed by atoms with E-state index in [1.54, 1.807) is 26.1 Å². The third-order valence-electron chi connectivity index (χ3n) is 2.22. The number of thiophene rings is 1. The van der Waals surface area contributed by atoms with Crippen molar-refractivity contribution < 1.29 is 9.90 Å². The lowest BCUT2D eigenvalue weighted by Gasteiger charge is -2.17. The largest absolute Gasteiger partial charge is 0.384 e. The number of nitrogens with zero attached hydrogens (tertiary/aromatic N) is 2. The molecule has 1 amide bonds. The minimum absolute atomic E-state index is 0.112. The Hall–Kier alpha value is -1.82. The van der Waals surface area contributed by atoms with Crippen LogP contribution in [0.2, 0.25) is 0 Å². The number of hydrogen-bond donors (Lipinski definition) is 1. The Morgan fingerprint density at radius 2 is 2.33 bits per heavy atom. The van der Waals surface area contributed by atoms with Crippen LogP contribution in [-0.4, -0.2) is 36.1 Å². The van der Waals surface area contributed by atoms with E-state index < -0.39 is 0 Å². The van der Waals surface area contributed by atoms with Crippen LogP contribution in [0.15, 0.2) is 12.1 Å². The fourth-order valence-electron chi connectivity index (χ4n) is 1.37. The van der Waals surface area contributed by atoms with Crippen molar-refractivity contribution in [3.8, 4) is 17.9 Å². The summed E-state index contributed by atoms with van der Waals surface area (Å²) < 4.78 is 0. The molecule has 18 heavy (non-hydrogen) atoms. The highest BCUT2D eigenvalue weighted by atomic mass is 32.1. The highest BCUT2D eigenvalue weighted by Crippen LogP contribution is 2.17. The second-order valence-corrected chi connectivity index (χ2v) is 4.92. The second kappa shape index (κ2) is 6.80. The highest BCUT2D eigenvalue weighted by molar-refractivity contribution is 7.14. The number of carbonyl (C=O) groups excluding carboxylic acids is 1. The van der Waals surface area contributed by atoms with Crippen molar-refractivity contribution in [1.29, 1.82) is 5.26 Å². The van der Waals surface area contributed by atoms with Gasteiger partial charge in [0, 0.05) is 13.6 Å². The predicted octanol–water partition coefficient (Wildman–Crippen LogP) is 1.32. The van der Waals surface area contributed by atoms with Crippen molar-refractivity contribution in [1.82, 2.24) is 4.90 Å². The number of aliphatic hydroxyl groups is 1. The van der Waals surface area contributed by atoms with Gasteiger partial charge >= 0.3 is 0 Å². The van der Waals surface area contributed by atoms with E-state index in [2.05, 4.69) is 17.9 Å². The van der Waals surface area contributed by atoms with Crippen LogP contribution >= 0.6 is 11.3 Å². The Bertz CT molecular complexity index is 519. The molecule has 0 spiro atoms. The van der Waals surface area contributed by atoms with Gasteiger partial charge in [-0.25, -0.2) is 0 Å². The Kier molecular flexibility index (Phi) is 5.38. The average Bonchev–Trinajstić information content (AvgIpc) is 2.83. The molecule has 0 aliphatic carbocycles. The smallest absolute Gasteiger partial charge is 0.263 e. The van der Waals surface area contributed by atoms with Crippen LogP contribution in [0, 0.1) is 29.1 Å². The molecule has 94 valence electrons. The van der Waals surface area contributed by atoms with E-state index in [1.165, 1.54) is 16.2 Å². The van der Waals surface area contributed by atoms with Gasteiger partial charge in [-0.3, -0.25) is 4.79 Å². The van der Waals surface area contributed by atoms with Gasteiger partial charge in [0.05, 0.1) is 21.7 Å². The maximum Gasteiger partial charge on any atom is 0.263 e. The molecule has 1 unspecified atom stereocenters. The van der Waals surface area contributed by atoms with E-state index in [1.807, 2.05) is 0 Å². The zero-order valence-electron chi connectivity index (χ0n) is 10.3. The molecule has 0 radical (unpaired) electrons. The molecule has 1 aromatic rings. The lowest BCUT2D eigenvalue weighted by molar-refractivity contribution is 0.0790. The first kappa shape index (κ1) is 14.2. The van der Waals surface area contributed by atoms with Crippen LogP contribution in [0.1, 0.15) is 21.5 Å². The highest BCUT2D eigenvalue weighted by Gasteiger charge is 2.15. The minimum atomic E-state index is -0.194. The Labute approximate surface area is 110 Å². The van der Waals surface area contributed by atoms with Crippen LogP contribution in [0.25, 0.3) is 0 Å². The summed E-state index contributed by atoms with van der Waals surface area (Å²) in [6, 6.07) is 5.56. The summed E-state index contributed by atoms with van der Waals surface area (Å²) in [6.45, 7) is 1.99. The summed E-state index contributed by atoms with van der Waals surface area (Å²) in [5.74, 6) is 4.99. The molecule has 1 N–H and O–H groups in total. The van der Waals surface area contributed by atoms with E-state index in [0.717, 1.165) is 4.88 Å². The maximum atomic E-state index is 12.0. The predicted molar refractivity (Wildman–Crippen MR) is 70.0 cm³/mol. The Balaban J connectivity index is 2.72. The number of amides is 1. The summed E-state index contributed by atoms with van der Waals surface area (Å²) in [4.78, 5) is 14.9. The molecule has 0 bridgehead atoms. The number of carbonyl (C=O) groups is 1. The summed E-state index contributed by atoms with van der Waals surface area (Å²) in [7, 11) is 1.68. The molecular weight excluding hydrogens is 248 g/mol. The summed E-state index contributed by atoms with van der Waals surface area (Å²) in [5.41, 5.74) is 0. The Morgan fingerprint density at radius 1 is 1.61 bits per heavy atom. The molecule has 1 aromatic heterocycles. The average molecular weight is 262 g/mol. The van der Waals surface area contributed by atoms with Crippen molar-refractivity contribution >= 4 is 17.2 Å². The van der Waals surface area contributed by atoms with Crippen LogP contribution in [0.4, 0.5) is 0 Å². The van der Waals surface area contributed by atoms with Gasteiger partial charge in [0.25, 0.3) is 5.91 Å². The van der Waals surface area contributed by atoms with Gasteiger partial charge in [-0.1, -0.05) is 11.8 Å². The molecule has 5 heteroatoms. The molecule has 4 nitrogen and oxygen atoms in total. The quantitative estimate of drug-likeness (QED) is 0.836. The molecule has 1 atom stereocenters. The first-order chi connectivity index (χ1) is 8.58. The molecule has 0 saturated carbocycles. The maximum absolute atomic E-state index is 12.0. The van der Waals surface area contributed by atoms with Gasteiger partial charge in [-0.05, 0) is 19.1 Å². The fraction of sp³-hybridized carbons (Fsp3) is 0.385. The Morgan fingerprint density at radius 3 is 2.94 bits per heavy atom. The molecule has 0 fully saturated rings. The second-order valence-electron chi connectivity index (χ2n) is 3.84. The molecule has 0 saturated heterocycles. The SMILES string of the molecule is CC(C#N)CN(C)C(=O)c1ccc(C#CCO)s1. The third kappa shape index (κ3) is 3.89. The molecule has 0 aliphatic heterocycles. The van der Waals surface area contributed by atoms with Gasteiger partial charge in [-0.2, -0.15) is 5.26 Å². The molecule has 1 rings (SSSR count). The minimum Gasteiger partial charge on any atom is -0.384 e. The third-order valence-corrected chi connectivity index (χ3v) is 3.21. The monoisotopic (exact) mass is 262 g/mol. The lowest BCUT2D eigenvalue weighted by atomic mass is 10.2. The van der Waals surface area contributed by atoms with Gasteiger partial charge in [0.2, 0.25) is 0 Å². The molecular formula is C13H14N2O2S. The van der Waals surface area contributed by atoms with Crippen LogP contribution in [-0.2, 0) is 0 Å². The topological polar surface area (TPSA) is 64.3 Å². The molecule has 0 aromatic carbocycles. The summed E-state index contributed by atoms with van der Waals surface area (Å²) in [6.07, 6.45) is 0. The van der Waals surface area contributed by atoms with Gasteiger partial charge in [0.15, 0.2) is 0 Å². The van der Waals surface area contributed by atoms with Crippen LogP contribution in [0.5, 0.6) is 0 Å². The number of hydrogen-bond acceptors (Lipinski definition) is 4. The number of aliphatic hydroxyl groups excluding tert-OH is 1. The summed E-state index contributed by atoms with van der Waals surface area (Å²) >= 11 is 1.29. The first-order valence-corrected chi connectivity index (χ1v) is 6.24. The van der Waals surface area contributed by atoms with E-state index in [-0.39, 0.29) is 18.4 Å². The van der Waals surface area contributed by atoms with Crippen molar-refractivity contribution in [2.24, 2.45) is 5.92 Å². The van der Waals surface area contributed by atoms with E-state index >= 15 is 0 Å². The first-order valence-electron chi connectivity index (χ1n) is 5.43. The van der Waals surface area contributed by atoms with E-state index in [0.29, 0.717) is 11.4 Å². The zero-order valence-corrected chi connectivity index (χ0v) is 11.1. The van der Waals surface area contributed by atoms with Crippen LogP contribution in [0.3, 0.4) is 0 Å². The standard InChI is InChI=1S/C13H14N2O2S/c1-10(8-14)9-15(2)13(17)12-6-5-11(18-12)4-3-7-16/h5-6,10,16H,7,9H2,1-2H3. The van der Waals surface area contributed by atoms with Gasteiger partial charge in [0.1, 0.15) is 6.61 Å². The molecule has 1 heterocycles. The van der Waals surface area contributed by atoms with E-state index in [4.69, 9.17) is 10.4 Å². The van der Waals surface area contributed by atoms with Crippen molar-refractivity contribution in [3.63, 3.8) is 0 Å². The van der Waals surface area contributed by atoms with Gasteiger partial charge < -0.3 is 10.0 Å². The normalized spacial score (nSPS) is 11.0. The van der Waals surface area contributed by atoms with E-state index in [9.17, 15) is 4.79 Å². The van der Waals surface area contributed by atoms with Crippen LogP contribution < -0.4 is 0 Å². The number of rotatable bonds is 3. The lowest BCUT2D eigenvalue weighted by Crippen LogP contribution is -2.30. The van der Waals surface area contributed by atoms with Crippen molar-refractivity contribution in [3.05, 3.63) is 21.9 Å². The van der Waals surface area contributed by atoms with Crippen molar-refractivity contribution in [2.75, 3.05) is 20.2 Å². The zero-order chi connectivity index (χ0) is 13.5. The van der Waals surface area contributed by atoms with Crippen molar-refractivity contribution in [2.45, 2.75) is 6.92 Å².